The van der Waals surface area contributed by atoms with E-state index < -0.39 is 5.91 Å². The molecule has 0 saturated carbocycles. The fourth-order valence-corrected chi connectivity index (χ4v) is 1.53. The molecule has 1 atom stereocenters. The van der Waals surface area contributed by atoms with Gasteiger partial charge in [-0.25, -0.2) is 0 Å². The van der Waals surface area contributed by atoms with E-state index in [2.05, 4.69) is 19.2 Å². The van der Waals surface area contributed by atoms with Gasteiger partial charge < -0.3 is 15.8 Å². The number of nitrogens with two attached hydrogens (primary N) is 1. The van der Waals surface area contributed by atoms with Crippen LogP contribution >= 0.6 is 0 Å². The number of carbonyl (C=O) groups excluding carboxylic acids is 1. The minimum atomic E-state index is -0.408. The molecule has 0 heterocycles. The van der Waals surface area contributed by atoms with Gasteiger partial charge in [-0.15, -0.1) is 0 Å². The molecule has 1 rings (SSSR count). The zero-order valence-corrected chi connectivity index (χ0v) is 10.6. The van der Waals surface area contributed by atoms with Gasteiger partial charge in [0.2, 0.25) is 5.91 Å². The molecule has 0 fully saturated rings. The minimum absolute atomic E-state index is 0.249. The summed E-state index contributed by atoms with van der Waals surface area (Å²) in [5.74, 6) is 0.0552. The molecule has 1 aromatic carbocycles. The van der Waals surface area contributed by atoms with Crippen molar-refractivity contribution >= 4 is 11.6 Å². The highest BCUT2D eigenvalue weighted by Gasteiger charge is 2.12. The normalized spacial score (nSPS) is 12.5. The first-order chi connectivity index (χ1) is 8.04. The van der Waals surface area contributed by atoms with Gasteiger partial charge in [-0.05, 0) is 30.2 Å². The van der Waals surface area contributed by atoms with E-state index in [9.17, 15) is 4.79 Å². The molecular formula is C13H20N2O2. The number of primary amides is 1. The lowest BCUT2D eigenvalue weighted by Crippen LogP contribution is -2.30. The van der Waals surface area contributed by atoms with Crippen molar-refractivity contribution in [3.63, 3.8) is 0 Å². The summed E-state index contributed by atoms with van der Waals surface area (Å²) in [4.78, 5) is 10.9. The molecular weight excluding hydrogens is 216 g/mol. The number of anilines is 1. The van der Waals surface area contributed by atoms with E-state index in [0.717, 1.165) is 5.69 Å². The minimum Gasteiger partial charge on any atom is -0.383 e. The van der Waals surface area contributed by atoms with Crippen molar-refractivity contribution in [3.05, 3.63) is 29.8 Å². The Morgan fingerprint density at radius 2 is 1.94 bits per heavy atom. The maximum absolute atomic E-state index is 10.9. The number of benzene rings is 1. The first-order valence-corrected chi connectivity index (χ1v) is 5.70. The molecule has 1 aromatic rings. The van der Waals surface area contributed by atoms with Crippen molar-refractivity contribution in [1.29, 1.82) is 0 Å². The number of carbonyl (C=O) groups is 1. The fourth-order valence-electron chi connectivity index (χ4n) is 1.53. The number of hydrogen-bond acceptors (Lipinski definition) is 3. The molecule has 3 N–H and O–H groups in total. The van der Waals surface area contributed by atoms with Crippen LogP contribution in [0, 0.1) is 5.92 Å². The quantitative estimate of drug-likeness (QED) is 0.792. The third-order valence-corrected chi connectivity index (χ3v) is 2.67. The molecule has 0 aliphatic rings. The summed E-state index contributed by atoms with van der Waals surface area (Å²) < 4.78 is 5.16. The number of amides is 1. The highest BCUT2D eigenvalue weighted by atomic mass is 16.5. The van der Waals surface area contributed by atoms with Crippen LogP contribution in [0.4, 0.5) is 5.69 Å². The lowest BCUT2D eigenvalue weighted by molar-refractivity contribution is 0.100. The van der Waals surface area contributed by atoms with E-state index >= 15 is 0 Å². The molecule has 1 amide bonds. The molecule has 1 unspecified atom stereocenters. The van der Waals surface area contributed by atoms with E-state index in [-0.39, 0.29) is 6.04 Å². The number of nitrogens with one attached hydrogen (secondary N) is 1. The van der Waals surface area contributed by atoms with Gasteiger partial charge in [0.15, 0.2) is 0 Å². The molecule has 0 radical (unpaired) electrons. The average molecular weight is 236 g/mol. The molecule has 94 valence electrons. The van der Waals surface area contributed by atoms with Gasteiger partial charge in [0.1, 0.15) is 0 Å². The summed E-state index contributed by atoms with van der Waals surface area (Å²) in [6.45, 7) is 4.91. The summed E-state index contributed by atoms with van der Waals surface area (Å²) >= 11 is 0. The van der Waals surface area contributed by atoms with Crippen molar-refractivity contribution in [2.75, 3.05) is 19.0 Å². The van der Waals surface area contributed by atoms with Crippen molar-refractivity contribution in [2.24, 2.45) is 11.7 Å². The van der Waals surface area contributed by atoms with E-state index in [1.807, 2.05) is 12.1 Å². The van der Waals surface area contributed by atoms with Gasteiger partial charge in [0.05, 0.1) is 12.6 Å². The van der Waals surface area contributed by atoms with Crippen LogP contribution in [0.2, 0.25) is 0 Å². The van der Waals surface area contributed by atoms with Crippen LogP contribution < -0.4 is 11.1 Å². The molecule has 0 bridgehead atoms. The number of methoxy groups -OCH3 is 1. The van der Waals surface area contributed by atoms with E-state index in [0.29, 0.717) is 18.1 Å². The van der Waals surface area contributed by atoms with Crippen molar-refractivity contribution in [3.8, 4) is 0 Å². The maximum Gasteiger partial charge on any atom is 0.248 e. The van der Waals surface area contributed by atoms with Gasteiger partial charge in [0.25, 0.3) is 0 Å². The van der Waals surface area contributed by atoms with Crippen molar-refractivity contribution in [1.82, 2.24) is 0 Å². The summed E-state index contributed by atoms with van der Waals surface area (Å²) in [6.07, 6.45) is 0. The summed E-state index contributed by atoms with van der Waals surface area (Å²) in [5.41, 5.74) is 6.66. The number of hydrogen-bond donors (Lipinski definition) is 2. The second kappa shape index (κ2) is 6.25. The van der Waals surface area contributed by atoms with Crippen molar-refractivity contribution < 1.29 is 9.53 Å². The van der Waals surface area contributed by atoms with Crippen LogP contribution in [-0.4, -0.2) is 25.7 Å². The smallest absolute Gasteiger partial charge is 0.248 e. The number of ether oxygens (including phenoxy) is 1. The van der Waals surface area contributed by atoms with Crippen LogP contribution in [0.5, 0.6) is 0 Å². The predicted octanol–water partition coefficient (Wildman–Crippen LogP) is 1.87. The van der Waals surface area contributed by atoms with Gasteiger partial charge in [0, 0.05) is 18.4 Å². The van der Waals surface area contributed by atoms with Crippen molar-refractivity contribution in [2.45, 2.75) is 19.9 Å². The molecule has 0 aliphatic heterocycles. The van der Waals surface area contributed by atoms with Crippen LogP contribution in [0.15, 0.2) is 24.3 Å². The fraction of sp³-hybridized carbons (Fsp3) is 0.462. The Balaban J connectivity index is 2.69. The summed E-state index contributed by atoms with van der Waals surface area (Å²) in [5, 5.41) is 3.37. The third-order valence-electron chi connectivity index (χ3n) is 2.67. The third kappa shape index (κ3) is 4.07. The largest absolute Gasteiger partial charge is 0.383 e. The van der Waals surface area contributed by atoms with E-state index in [1.165, 1.54) is 0 Å². The van der Waals surface area contributed by atoms with E-state index in [1.54, 1.807) is 19.2 Å². The lowest BCUT2D eigenvalue weighted by atomic mass is 10.0. The van der Waals surface area contributed by atoms with Gasteiger partial charge in [-0.1, -0.05) is 13.8 Å². The second-order valence-electron chi connectivity index (χ2n) is 4.39. The molecule has 17 heavy (non-hydrogen) atoms. The van der Waals surface area contributed by atoms with Gasteiger partial charge >= 0.3 is 0 Å². The Hall–Kier alpha value is -1.55. The molecule has 0 aliphatic carbocycles. The first kappa shape index (κ1) is 13.5. The van der Waals surface area contributed by atoms with E-state index in [4.69, 9.17) is 10.5 Å². The topological polar surface area (TPSA) is 64.3 Å². The molecule has 4 heteroatoms. The highest BCUT2D eigenvalue weighted by molar-refractivity contribution is 5.93. The molecule has 0 spiro atoms. The Kier molecular flexibility index (Phi) is 4.97. The summed E-state index contributed by atoms with van der Waals surface area (Å²) in [6, 6.07) is 7.39. The SMILES string of the molecule is COCC(Nc1ccc(C(N)=O)cc1)C(C)C. The lowest BCUT2D eigenvalue weighted by Gasteiger charge is -2.22. The standard InChI is InChI=1S/C13H20N2O2/c1-9(2)12(8-17-3)15-11-6-4-10(5-7-11)13(14)16/h4-7,9,12,15H,8H2,1-3H3,(H2,14,16). The van der Waals surface area contributed by atoms with Crippen LogP contribution in [-0.2, 0) is 4.74 Å². The van der Waals surface area contributed by atoms with Crippen LogP contribution in [0.25, 0.3) is 0 Å². The maximum atomic E-state index is 10.9. The zero-order chi connectivity index (χ0) is 12.8. The highest BCUT2D eigenvalue weighted by Crippen LogP contribution is 2.14. The predicted molar refractivity (Wildman–Crippen MR) is 69.1 cm³/mol. The molecule has 4 nitrogen and oxygen atoms in total. The Morgan fingerprint density at radius 1 is 1.35 bits per heavy atom. The zero-order valence-electron chi connectivity index (χ0n) is 10.6. The summed E-state index contributed by atoms with van der Waals surface area (Å²) in [7, 11) is 1.69. The first-order valence-electron chi connectivity index (χ1n) is 5.70. The Labute approximate surface area is 102 Å². The molecule has 0 aromatic heterocycles. The van der Waals surface area contributed by atoms with Gasteiger partial charge in [-0.2, -0.15) is 0 Å². The second-order valence-corrected chi connectivity index (χ2v) is 4.39. The number of rotatable bonds is 6. The average Bonchev–Trinajstić information content (AvgIpc) is 2.29. The van der Waals surface area contributed by atoms with Gasteiger partial charge in [-0.3, -0.25) is 4.79 Å². The van der Waals surface area contributed by atoms with Crippen LogP contribution in [0.3, 0.4) is 0 Å². The Morgan fingerprint density at radius 3 is 2.35 bits per heavy atom. The van der Waals surface area contributed by atoms with Crippen LogP contribution in [0.1, 0.15) is 24.2 Å². The Bertz CT molecular complexity index is 360. The molecule has 0 saturated heterocycles. The monoisotopic (exact) mass is 236 g/mol.